The van der Waals surface area contributed by atoms with Gasteiger partial charge in [0.2, 0.25) is 0 Å². The molecule has 0 saturated carbocycles. The Morgan fingerprint density at radius 2 is 1.84 bits per heavy atom. The smallest absolute Gasteiger partial charge is 0.136 e. The van der Waals surface area contributed by atoms with Crippen LogP contribution < -0.4 is 5.32 Å². The van der Waals surface area contributed by atoms with Crippen LogP contribution in [0.1, 0.15) is 5.01 Å². The van der Waals surface area contributed by atoms with Gasteiger partial charge in [0.15, 0.2) is 0 Å². The zero-order valence-corrected chi connectivity index (χ0v) is 15.0. The number of nitriles is 1. The Labute approximate surface area is 158 Å². The van der Waals surface area contributed by atoms with E-state index in [1.807, 2.05) is 5.38 Å². The highest BCUT2D eigenvalue weighted by molar-refractivity contribution is 7.11. The maximum absolute atomic E-state index is 13.0. The van der Waals surface area contributed by atoms with Crippen molar-refractivity contribution in [2.24, 2.45) is 0 Å². The van der Waals surface area contributed by atoms with E-state index < -0.39 is 0 Å². The molecular weight excluding hydrogens is 380 g/mol. The summed E-state index contributed by atoms with van der Waals surface area (Å²) in [6.07, 6.45) is 1.55. The molecule has 3 aromatic rings. The van der Waals surface area contributed by atoms with E-state index in [9.17, 15) is 9.65 Å². The van der Waals surface area contributed by atoms with Gasteiger partial charge in [0.25, 0.3) is 0 Å². The Kier molecular flexibility index (Phi) is 5.34. The van der Waals surface area contributed by atoms with Crippen LogP contribution in [0.3, 0.4) is 0 Å². The Bertz CT molecular complexity index is 954. The molecule has 2 aromatic carbocycles. The third-order valence-electron chi connectivity index (χ3n) is 3.24. The van der Waals surface area contributed by atoms with Crippen molar-refractivity contribution < 1.29 is 4.39 Å². The minimum Gasteiger partial charge on any atom is -0.360 e. The number of halogens is 3. The Hall–Kier alpha value is -2.39. The van der Waals surface area contributed by atoms with Crippen molar-refractivity contribution in [3.63, 3.8) is 0 Å². The van der Waals surface area contributed by atoms with E-state index in [0.29, 0.717) is 32.0 Å². The fraction of sp³-hybridized carbons (Fsp3) is 0. The van der Waals surface area contributed by atoms with E-state index >= 15 is 0 Å². The number of hydrogen-bond donors (Lipinski definition) is 1. The number of nitrogens with zero attached hydrogens (tertiary/aromatic N) is 2. The van der Waals surface area contributed by atoms with E-state index in [2.05, 4.69) is 16.4 Å². The van der Waals surface area contributed by atoms with Crippen LogP contribution in [0.2, 0.25) is 10.0 Å². The van der Waals surface area contributed by atoms with Crippen molar-refractivity contribution in [3.8, 4) is 17.3 Å². The summed E-state index contributed by atoms with van der Waals surface area (Å²) in [6, 6.07) is 13.2. The highest BCUT2D eigenvalue weighted by atomic mass is 35.5. The van der Waals surface area contributed by atoms with Gasteiger partial charge >= 0.3 is 0 Å². The van der Waals surface area contributed by atoms with Crippen LogP contribution in [0, 0.1) is 17.1 Å². The minimum atomic E-state index is -0.304. The van der Waals surface area contributed by atoms with Gasteiger partial charge < -0.3 is 5.32 Å². The maximum Gasteiger partial charge on any atom is 0.136 e. The normalized spacial score (nSPS) is 11.2. The summed E-state index contributed by atoms with van der Waals surface area (Å²) in [6.45, 7) is 0. The zero-order valence-electron chi connectivity index (χ0n) is 12.6. The molecule has 0 aliphatic heterocycles. The number of aromatic nitrogens is 1. The average Bonchev–Trinajstić information content (AvgIpc) is 3.05. The van der Waals surface area contributed by atoms with Crippen molar-refractivity contribution in [2.75, 3.05) is 5.32 Å². The molecule has 3 rings (SSSR count). The largest absolute Gasteiger partial charge is 0.360 e. The lowest BCUT2D eigenvalue weighted by Gasteiger charge is -2.03. The quantitative estimate of drug-likeness (QED) is 0.537. The van der Waals surface area contributed by atoms with Gasteiger partial charge in [-0.25, -0.2) is 9.37 Å². The van der Waals surface area contributed by atoms with E-state index in [1.165, 1.54) is 23.5 Å². The average molecular weight is 390 g/mol. The van der Waals surface area contributed by atoms with Gasteiger partial charge in [0.05, 0.1) is 5.69 Å². The Morgan fingerprint density at radius 3 is 2.48 bits per heavy atom. The molecule has 1 N–H and O–H groups in total. The third kappa shape index (κ3) is 4.37. The molecule has 0 atom stereocenters. The minimum absolute atomic E-state index is 0.304. The first-order valence-corrected chi connectivity index (χ1v) is 8.73. The lowest BCUT2D eigenvalue weighted by Crippen LogP contribution is -1.91. The molecule has 0 aliphatic carbocycles. The van der Waals surface area contributed by atoms with Crippen LogP contribution in [0.15, 0.2) is 54.0 Å². The van der Waals surface area contributed by atoms with E-state index in [4.69, 9.17) is 23.2 Å². The fourth-order valence-electron chi connectivity index (χ4n) is 2.09. The van der Waals surface area contributed by atoms with Gasteiger partial charge in [-0.15, -0.1) is 11.3 Å². The predicted molar refractivity (Wildman–Crippen MR) is 101 cm³/mol. The second-order valence-electron chi connectivity index (χ2n) is 5.02. The molecule has 0 spiro atoms. The molecule has 7 heteroatoms. The molecule has 0 radical (unpaired) electrons. The Balaban J connectivity index is 1.84. The second kappa shape index (κ2) is 7.66. The first-order valence-electron chi connectivity index (χ1n) is 7.10. The van der Waals surface area contributed by atoms with Crippen molar-refractivity contribution in [1.82, 2.24) is 4.98 Å². The predicted octanol–water partition coefficient (Wildman–Crippen LogP) is 6.23. The zero-order chi connectivity index (χ0) is 17.8. The van der Waals surface area contributed by atoms with Gasteiger partial charge in [0.1, 0.15) is 22.5 Å². The second-order valence-corrected chi connectivity index (χ2v) is 6.75. The first kappa shape index (κ1) is 17.4. The number of anilines is 1. The standard InChI is InChI=1S/C18H10Cl2FN3S/c19-13-5-14(20)7-16(6-13)23-9-12(8-22)18-24-17(10-25-18)11-1-3-15(21)4-2-11/h1-7,9-10,23H/b12-9+. The van der Waals surface area contributed by atoms with Crippen LogP contribution in [-0.4, -0.2) is 4.98 Å². The molecule has 1 aromatic heterocycles. The van der Waals surface area contributed by atoms with E-state index in [-0.39, 0.29) is 5.82 Å². The number of benzene rings is 2. The lowest BCUT2D eigenvalue weighted by molar-refractivity contribution is 0.628. The van der Waals surface area contributed by atoms with Gasteiger partial charge in [-0.2, -0.15) is 5.26 Å². The molecule has 1 heterocycles. The van der Waals surface area contributed by atoms with Crippen LogP contribution in [0.4, 0.5) is 10.1 Å². The number of hydrogen-bond acceptors (Lipinski definition) is 4. The van der Waals surface area contributed by atoms with Gasteiger partial charge in [0, 0.05) is 32.9 Å². The molecule has 0 unspecified atom stereocenters. The summed E-state index contributed by atoms with van der Waals surface area (Å²) in [4.78, 5) is 4.44. The summed E-state index contributed by atoms with van der Waals surface area (Å²) in [5, 5.41) is 15.8. The fourth-order valence-corrected chi connectivity index (χ4v) is 3.41. The number of rotatable bonds is 4. The first-order chi connectivity index (χ1) is 12.0. The van der Waals surface area contributed by atoms with Crippen molar-refractivity contribution in [1.29, 1.82) is 5.26 Å². The summed E-state index contributed by atoms with van der Waals surface area (Å²) in [7, 11) is 0. The highest BCUT2D eigenvalue weighted by Gasteiger charge is 2.09. The topological polar surface area (TPSA) is 48.7 Å². The number of allylic oxidation sites excluding steroid dienone is 1. The molecule has 0 fully saturated rings. The van der Waals surface area contributed by atoms with Crippen LogP contribution >= 0.6 is 34.5 Å². The summed E-state index contributed by atoms with van der Waals surface area (Å²) < 4.78 is 13.0. The van der Waals surface area contributed by atoms with E-state index in [1.54, 1.807) is 36.5 Å². The Morgan fingerprint density at radius 1 is 1.16 bits per heavy atom. The van der Waals surface area contributed by atoms with Crippen molar-refractivity contribution in [3.05, 3.63) is 74.9 Å². The van der Waals surface area contributed by atoms with Gasteiger partial charge in [-0.05, 0) is 42.5 Å². The SMILES string of the molecule is N#C/C(=C\Nc1cc(Cl)cc(Cl)c1)c1nc(-c2ccc(F)cc2)cs1. The molecular formula is C18H10Cl2FN3S. The molecule has 0 aliphatic rings. The van der Waals surface area contributed by atoms with Crippen LogP contribution in [-0.2, 0) is 0 Å². The molecule has 124 valence electrons. The molecule has 0 saturated heterocycles. The molecule has 0 amide bonds. The summed E-state index contributed by atoms with van der Waals surface area (Å²) in [5.41, 5.74) is 2.51. The lowest BCUT2D eigenvalue weighted by atomic mass is 10.2. The van der Waals surface area contributed by atoms with Crippen LogP contribution in [0.25, 0.3) is 16.8 Å². The van der Waals surface area contributed by atoms with Crippen LogP contribution in [0.5, 0.6) is 0 Å². The molecule has 25 heavy (non-hydrogen) atoms. The maximum atomic E-state index is 13.0. The highest BCUT2D eigenvalue weighted by Crippen LogP contribution is 2.27. The number of thiazole rings is 1. The molecule has 0 bridgehead atoms. The van der Waals surface area contributed by atoms with Gasteiger partial charge in [-0.1, -0.05) is 23.2 Å². The summed E-state index contributed by atoms with van der Waals surface area (Å²) >= 11 is 13.2. The van der Waals surface area contributed by atoms with E-state index in [0.717, 1.165) is 5.56 Å². The van der Waals surface area contributed by atoms with Crippen molar-refractivity contribution >= 4 is 45.8 Å². The van der Waals surface area contributed by atoms with Gasteiger partial charge in [-0.3, -0.25) is 0 Å². The monoisotopic (exact) mass is 389 g/mol. The number of nitrogens with one attached hydrogen (secondary N) is 1. The van der Waals surface area contributed by atoms with Crippen molar-refractivity contribution in [2.45, 2.75) is 0 Å². The third-order valence-corrected chi connectivity index (χ3v) is 4.55. The summed E-state index contributed by atoms with van der Waals surface area (Å²) in [5.74, 6) is -0.304. The molecule has 3 nitrogen and oxygen atoms in total.